The second-order valence-corrected chi connectivity index (χ2v) is 5.79. The molecule has 0 amide bonds. The molecule has 0 unspecified atom stereocenters. The molecule has 2 atom stereocenters. The molecule has 2 heteroatoms. The van der Waals surface area contributed by atoms with Crippen molar-refractivity contribution in [3.8, 4) is 0 Å². The van der Waals surface area contributed by atoms with Crippen LogP contribution < -0.4 is 0 Å². The maximum Gasteiger partial charge on any atom is 0.0658 e. The fraction of sp³-hybridized carbons (Fsp3) is 1.00. The number of hydrogen-bond donors (Lipinski definition) is 1. The summed E-state index contributed by atoms with van der Waals surface area (Å²) >= 11 is 1.98. The predicted octanol–water partition coefficient (Wildman–Crippen LogP) is 3.07. The van der Waals surface area contributed by atoms with E-state index in [1.807, 2.05) is 11.8 Å². The van der Waals surface area contributed by atoms with Gasteiger partial charge in [0.25, 0.3) is 0 Å². The summed E-state index contributed by atoms with van der Waals surface area (Å²) in [6.45, 7) is 4.52. The number of thioether (sulfide) groups is 1. The lowest BCUT2D eigenvalue weighted by Crippen LogP contribution is -2.27. The van der Waals surface area contributed by atoms with E-state index in [-0.39, 0.29) is 6.10 Å². The molecule has 0 aromatic heterocycles. The van der Waals surface area contributed by atoms with Crippen LogP contribution in [-0.2, 0) is 0 Å². The lowest BCUT2D eigenvalue weighted by atomic mass is 9.97. The van der Waals surface area contributed by atoms with Crippen molar-refractivity contribution in [2.75, 3.05) is 5.75 Å². The first kappa shape index (κ1) is 11.4. The van der Waals surface area contributed by atoms with Crippen LogP contribution in [0.15, 0.2) is 0 Å². The fourth-order valence-electron chi connectivity index (χ4n) is 1.73. The number of aliphatic hydroxyl groups is 1. The first-order chi connectivity index (χ1) is 6.20. The van der Waals surface area contributed by atoms with Crippen LogP contribution in [0, 0.1) is 5.92 Å². The van der Waals surface area contributed by atoms with Crippen LogP contribution in [0.1, 0.15) is 46.0 Å². The van der Waals surface area contributed by atoms with Crippen molar-refractivity contribution >= 4 is 11.8 Å². The average molecular weight is 202 g/mol. The van der Waals surface area contributed by atoms with Gasteiger partial charge < -0.3 is 5.11 Å². The van der Waals surface area contributed by atoms with Crippen LogP contribution in [0.25, 0.3) is 0 Å². The van der Waals surface area contributed by atoms with E-state index in [4.69, 9.17) is 0 Å². The summed E-state index contributed by atoms with van der Waals surface area (Å²) in [4.78, 5) is 0. The molecule has 1 aliphatic rings. The highest BCUT2D eigenvalue weighted by Gasteiger charge is 2.22. The van der Waals surface area contributed by atoms with Crippen molar-refractivity contribution < 1.29 is 5.11 Å². The van der Waals surface area contributed by atoms with Gasteiger partial charge in [-0.05, 0) is 30.9 Å². The minimum absolute atomic E-state index is 0.0223. The molecular weight excluding hydrogens is 180 g/mol. The Morgan fingerprint density at radius 1 is 1.31 bits per heavy atom. The molecule has 0 aromatic carbocycles. The van der Waals surface area contributed by atoms with Gasteiger partial charge in [-0.3, -0.25) is 0 Å². The third-order valence-electron chi connectivity index (χ3n) is 2.69. The minimum atomic E-state index is -0.0223. The van der Waals surface area contributed by atoms with Crippen LogP contribution >= 0.6 is 11.8 Å². The monoisotopic (exact) mass is 202 g/mol. The van der Waals surface area contributed by atoms with E-state index in [1.54, 1.807) is 0 Å². The first-order valence-corrected chi connectivity index (χ1v) is 6.54. The highest BCUT2D eigenvalue weighted by Crippen LogP contribution is 2.29. The lowest BCUT2D eigenvalue weighted by Gasteiger charge is -2.27. The zero-order valence-electron chi connectivity index (χ0n) is 8.83. The van der Waals surface area contributed by atoms with Gasteiger partial charge in [-0.2, -0.15) is 11.8 Å². The molecule has 0 aromatic rings. The Morgan fingerprint density at radius 3 is 2.62 bits per heavy atom. The summed E-state index contributed by atoms with van der Waals surface area (Å²) in [5.41, 5.74) is 0. The molecule has 78 valence electrons. The molecule has 0 aliphatic heterocycles. The van der Waals surface area contributed by atoms with Crippen molar-refractivity contribution in [1.82, 2.24) is 0 Å². The third kappa shape index (κ3) is 4.37. The molecule has 0 spiro atoms. The van der Waals surface area contributed by atoms with E-state index in [2.05, 4.69) is 13.8 Å². The van der Waals surface area contributed by atoms with Crippen LogP contribution in [0.3, 0.4) is 0 Å². The Balaban J connectivity index is 2.11. The molecule has 0 bridgehead atoms. The van der Waals surface area contributed by atoms with Gasteiger partial charge in [0.05, 0.1) is 6.10 Å². The third-order valence-corrected chi connectivity index (χ3v) is 4.14. The summed E-state index contributed by atoms with van der Waals surface area (Å²) in [7, 11) is 0. The maximum atomic E-state index is 9.71. The Hall–Kier alpha value is 0.310. The SMILES string of the molecule is CC(C)CCS[C@H]1CCCC[C@@H]1O. The number of aliphatic hydroxyl groups excluding tert-OH is 1. The molecule has 1 saturated carbocycles. The average Bonchev–Trinajstić information content (AvgIpc) is 2.08. The van der Waals surface area contributed by atoms with E-state index in [0.29, 0.717) is 5.25 Å². The highest BCUT2D eigenvalue weighted by atomic mass is 32.2. The fourth-order valence-corrected chi connectivity index (χ4v) is 3.33. The zero-order valence-corrected chi connectivity index (χ0v) is 9.65. The molecule has 1 N–H and O–H groups in total. The van der Waals surface area contributed by atoms with Gasteiger partial charge in [0.1, 0.15) is 0 Å². The molecule has 1 aliphatic carbocycles. The van der Waals surface area contributed by atoms with Gasteiger partial charge >= 0.3 is 0 Å². The Labute approximate surface area is 86.3 Å². The summed E-state index contributed by atoms with van der Waals surface area (Å²) in [5.74, 6) is 2.02. The molecule has 0 radical (unpaired) electrons. The lowest BCUT2D eigenvalue weighted by molar-refractivity contribution is 0.137. The molecule has 1 rings (SSSR count). The second-order valence-electron chi connectivity index (χ2n) is 4.44. The summed E-state index contributed by atoms with van der Waals surface area (Å²) in [6, 6.07) is 0. The standard InChI is InChI=1S/C11H22OS/c1-9(2)7-8-13-11-6-4-3-5-10(11)12/h9-12H,3-8H2,1-2H3/t10-,11-/m0/s1. The summed E-state index contributed by atoms with van der Waals surface area (Å²) in [5, 5.41) is 10.2. The van der Waals surface area contributed by atoms with E-state index < -0.39 is 0 Å². The zero-order chi connectivity index (χ0) is 9.68. The van der Waals surface area contributed by atoms with Crippen molar-refractivity contribution in [3.63, 3.8) is 0 Å². The number of rotatable bonds is 4. The van der Waals surface area contributed by atoms with E-state index in [1.165, 1.54) is 31.4 Å². The van der Waals surface area contributed by atoms with Crippen molar-refractivity contribution in [3.05, 3.63) is 0 Å². The normalized spacial score (nSPS) is 29.5. The molecule has 1 nitrogen and oxygen atoms in total. The topological polar surface area (TPSA) is 20.2 Å². The predicted molar refractivity (Wildman–Crippen MR) is 60.2 cm³/mol. The van der Waals surface area contributed by atoms with Crippen LogP contribution in [0.2, 0.25) is 0 Å². The molecule has 0 heterocycles. The van der Waals surface area contributed by atoms with Gasteiger partial charge in [0.15, 0.2) is 0 Å². The Kier molecular flexibility index (Phi) is 5.18. The first-order valence-electron chi connectivity index (χ1n) is 5.50. The largest absolute Gasteiger partial charge is 0.392 e. The maximum absolute atomic E-state index is 9.71. The Morgan fingerprint density at radius 2 is 2.00 bits per heavy atom. The van der Waals surface area contributed by atoms with Gasteiger partial charge in [-0.25, -0.2) is 0 Å². The van der Waals surface area contributed by atoms with Crippen molar-refractivity contribution in [2.45, 2.75) is 57.3 Å². The number of hydrogen-bond acceptors (Lipinski definition) is 2. The van der Waals surface area contributed by atoms with Gasteiger partial charge in [-0.1, -0.05) is 26.7 Å². The van der Waals surface area contributed by atoms with Gasteiger partial charge in [0.2, 0.25) is 0 Å². The second kappa shape index (κ2) is 5.92. The summed E-state index contributed by atoms with van der Waals surface area (Å²) < 4.78 is 0. The molecule has 13 heavy (non-hydrogen) atoms. The van der Waals surface area contributed by atoms with Crippen molar-refractivity contribution in [1.29, 1.82) is 0 Å². The van der Waals surface area contributed by atoms with Gasteiger partial charge in [0, 0.05) is 5.25 Å². The van der Waals surface area contributed by atoms with Crippen LogP contribution in [0.4, 0.5) is 0 Å². The van der Waals surface area contributed by atoms with Gasteiger partial charge in [-0.15, -0.1) is 0 Å². The van der Waals surface area contributed by atoms with E-state index >= 15 is 0 Å². The van der Waals surface area contributed by atoms with E-state index in [0.717, 1.165) is 12.3 Å². The Bertz CT molecular complexity index is 136. The van der Waals surface area contributed by atoms with Crippen LogP contribution in [0.5, 0.6) is 0 Å². The highest BCUT2D eigenvalue weighted by molar-refractivity contribution is 7.99. The van der Waals surface area contributed by atoms with Crippen LogP contribution in [-0.4, -0.2) is 22.2 Å². The smallest absolute Gasteiger partial charge is 0.0658 e. The molecule has 1 fully saturated rings. The van der Waals surface area contributed by atoms with Crippen molar-refractivity contribution in [2.24, 2.45) is 5.92 Å². The quantitative estimate of drug-likeness (QED) is 0.756. The van der Waals surface area contributed by atoms with E-state index in [9.17, 15) is 5.11 Å². The molecule has 0 saturated heterocycles. The summed E-state index contributed by atoms with van der Waals surface area (Å²) in [6.07, 6.45) is 6.06. The molecular formula is C11H22OS. The minimum Gasteiger partial charge on any atom is -0.392 e.